The monoisotopic (exact) mass is 294 g/mol. The molecule has 1 fully saturated rings. The molecule has 2 N–H and O–H groups in total. The van der Waals surface area contributed by atoms with Crippen LogP contribution in [-0.2, 0) is 16.6 Å². The maximum atomic E-state index is 12.1. The molecule has 0 bridgehead atoms. The summed E-state index contributed by atoms with van der Waals surface area (Å²) in [6, 6.07) is 0. The lowest BCUT2D eigenvalue weighted by Gasteiger charge is -2.15. The Hall–Kier alpha value is -1.89. The molecule has 0 aliphatic carbocycles. The molecule has 7 heteroatoms. The van der Waals surface area contributed by atoms with Gasteiger partial charge in [0.05, 0.1) is 23.6 Å². The van der Waals surface area contributed by atoms with Crippen LogP contribution in [0.4, 0.5) is 5.69 Å². The first kappa shape index (κ1) is 15.5. The largest absolute Gasteiger partial charge is 0.481 e. The van der Waals surface area contributed by atoms with Gasteiger partial charge in [0.25, 0.3) is 0 Å². The van der Waals surface area contributed by atoms with E-state index >= 15 is 0 Å². The number of aryl methyl sites for hydroxylation is 2. The second kappa shape index (κ2) is 6.26. The van der Waals surface area contributed by atoms with Crippen molar-refractivity contribution in [3.05, 3.63) is 11.4 Å². The summed E-state index contributed by atoms with van der Waals surface area (Å²) in [6.45, 7) is 5.51. The van der Waals surface area contributed by atoms with Crippen molar-refractivity contribution in [1.29, 1.82) is 0 Å². The van der Waals surface area contributed by atoms with Gasteiger partial charge in [-0.3, -0.25) is 19.2 Å². The third-order valence-electron chi connectivity index (χ3n) is 3.97. The van der Waals surface area contributed by atoms with Crippen molar-refractivity contribution in [3.8, 4) is 0 Å². The second-order valence-electron chi connectivity index (χ2n) is 5.71. The summed E-state index contributed by atoms with van der Waals surface area (Å²) in [6.07, 6.45) is 1.02. The molecule has 2 rings (SSSR count). The minimum absolute atomic E-state index is 0.0785. The highest BCUT2D eigenvalue weighted by atomic mass is 16.4. The highest BCUT2D eigenvalue weighted by molar-refractivity contribution is 5.93. The molecule has 1 aromatic rings. The van der Waals surface area contributed by atoms with Crippen molar-refractivity contribution in [1.82, 2.24) is 14.7 Å². The van der Waals surface area contributed by atoms with Gasteiger partial charge < -0.3 is 10.4 Å². The number of carboxylic acids is 1. The Balaban J connectivity index is 1.87. The van der Waals surface area contributed by atoms with Gasteiger partial charge in [0, 0.05) is 20.0 Å². The molecule has 1 atom stereocenters. The number of aromatic nitrogens is 2. The van der Waals surface area contributed by atoms with Crippen LogP contribution in [0.15, 0.2) is 0 Å². The Labute approximate surface area is 123 Å². The van der Waals surface area contributed by atoms with Crippen molar-refractivity contribution in [3.63, 3.8) is 0 Å². The number of nitrogens with zero attached hydrogens (tertiary/aromatic N) is 3. The molecular formula is C14H22N4O3. The number of likely N-dealkylation sites (tertiary alicyclic amines) is 1. The number of aliphatic carboxylic acids is 1. The summed E-state index contributed by atoms with van der Waals surface area (Å²) in [4.78, 5) is 24.8. The number of carboxylic acid groups (broad SMARTS) is 1. The minimum atomic E-state index is -0.770. The molecule has 7 nitrogen and oxygen atoms in total. The SMILES string of the molecule is Cc1nn(C)c(C)c1NC(=O)CN1CCC(CC(=O)O)C1. The lowest BCUT2D eigenvalue weighted by molar-refractivity contribution is -0.138. The minimum Gasteiger partial charge on any atom is -0.481 e. The Kier molecular flexibility index (Phi) is 4.62. The van der Waals surface area contributed by atoms with Crippen molar-refractivity contribution in [2.75, 3.05) is 25.0 Å². The van der Waals surface area contributed by atoms with Crippen molar-refractivity contribution in [2.24, 2.45) is 13.0 Å². The fourth-order valence-corrected chi connectivity index (χ4v) is 2.81. The summed E-state index contributed by atoms with van der Waals surface area (Å²) in [5.74, 6) is -0.699. The van der Waals surface area contributed by atoms with E-state index in [1.54, 1.807) is 4.68 Å². The maximum absolute atomic E-state index is 12.1. The van der Waals surface area contributed by atoms with Gasteiger partial charge in [-0.2, -0.15) is 5.10 Å². The van der Waals surface area contributed by atoms with Crippen LogP contribution in [0.1, 0.15) is 24.2 Å². The predicted molar refractivity (Wildman–Crippen MR) is 78.1 cm³/mol. The van der Waals surface area contributed by atoms with Gasteiger partial charge >= 0.3 is 5.97 Å². The normalized spacial score (nSPS) is 18.9. The number of nitrogens with one attached hydrogen (secondary N) is 1. The van der Waals surface area contributed by atoms with Gasteiger partial charge in [0.1, 0.15) is 0 Å². The average Bonchev–Trinajstić information content (AvgIpc) is 2.89. The van der Waals surface area contributed by atoms with E-state index in [2.05, 4.69) is 10.4 Å². The molecule has 2 heterocycles. The molecule has 21 heavy (non-hydrogen) atoms. The van der Waals surface area contributed by atoms with Crippen molar-refractivity contribution in [2.45, 2.75) is 26.7 Å². The molecule has 1 aliphatic heterocycles. The van der Waals surface area contributed by atoms with E-state index in [0.717, 1.165) is 30.0 Å². The van der Waals surface area contributed by atoms with Crippen LogP contribution in [0.3, 0.4) is 0 Å². The standard InChI is InChI=1S/C14H22N4O3/c1-9-14(10(2)17(3)16-9)15-12(19)8-18-5-4-11(7-18)6-13(20)21/h11H,4-8H2,1-3H3,(H,15,19)(H,20,21). The van der Waals surface area contributed by atoms with Crippen LogP contribution in [0.2, 0.25) is 0 Å². The van der Waals surface area contributed by atoms with Gasteiger partial charge in [0.2, 0.25) is 5.91 Å². The van der Waals surface area contributed by atoms with Gasteiger partial charge in [-0.1, -0.05) is 0 Å². The highest BCUT2D eigenvalue weighted by Crippen LogP contribution is 2.21. The number of hydrogen-bond donors (Lipinski definition) is 2. The Bertz CT molecular complexity index is 553. The molecule has 0 spiro atoms. The van der Waals surface area contributed by atoms with Crippen LogP contribution < -0.4 is 5.32 Å². The van der Waals surface area contributed by atoms with E-state index in [0.29, 0.717) is 13.1 Å². The van der Waals surface area contributed by atoms with Crippen LogP contribution in [-0.4, -0.2) is 51.3 Å². The van der Waals surface area contributed by atoms with Crippen molar-refractivity contribution < 1.29 is 14.7 Å². The lowest BCUT2D eigenvalue weighted by Crippen LogP contribution is -2.32. The van der Waals surface area contributed by atoms with Crippen molar-refractivity contribution >= 4 is 17.6 Å². The fourth-order valence-electron chi connectivity index (χ4n) is 2.81. The Morgan fingerprint density at radius 1 is 1.43 bits per heavy atom. The quantitative estimate of drug-likeness (QED) is 0.837. The molecule has 0 saturated carbocycles. The highest BCUT2D eigenvalue weighted by Gasteiger charge is 2.26. The molecule has 1 unspecified atom stereocenters. The molecule has 1 aliphatic rings. The van der Waals surface area contributed by atoms with Gasteiger partial charge in [0.15, 0.2) is 0 Å². The van der Waals surface area contributed by atoms with Crippen LogP contribution in [0.25, 0.3) is 0 Å². The summed E-state index contributed by atoms with van der Waals surface area (Å²) >= 11 is 0. The molecule has 1 saturated heterocycles. The maximum Gasteiger partial charge on any atom is 0.303 e. The Morgan fingerprint density at radius 3 is 2.71 bits per heavy atom. The topological polar surface area (TPSA) is 87.5 Å². The van der Waals surface area contributed by atoms with Crippen LogP contribution in [0, 0.1) is 19.8 Å². The van der Waals surface area contributed by atoms with E-state index in [1.165, 1.54) is 0 Å². The molecule has 1 aromatic heterocycles. The van der Waals surface area contributed by atoms with Crippen LogP contribution in [0.5, 0.6) is 0 Å². The Morgan fingerprint density at radius 2 is 2.14 bits per heavy atom. The predicted octanol–water partition coefficient (Wildman–Crippen LogP) is 0.772. The summed E-state index contributed by atoms with van der Waals surface area (Å²) < 4.78 is 1.74. The first-order valence-electron chi connectivity index (χ1n) is 7.11. The first-order chi connectivity index (χ1) is 9.86. The van der Waals surface area contributed by atoms with Gasteiger partial charge in [-0.05, 0) is 32.7 Å². The van der Waals surface area contributed by atoms with Crippen LogP contribution >= 0.6 is 0 Å². The number of amides is 1. The van der Waals surface area contributed by atoms with E-state index in [9.17, 15) is 9.59 Å². The number of carbonyl (C=O) groups is 2. The average molecular weight is 294 g/mol. The van der Waals surface area contributed by atoms with Gasteiger partial charge in [-0.25, -0.2) is 0 Å². The van der Waals surface area contributed by atoms with E-state index in [-0.39, 0.29) is 18.2 Å². The third kappa shape index (κ3) is 3.81. The smallest absolute Gasteiger partial charge is 0.303 e. The second-order valence-corrected chi connectivity index (χ2v) is 5.71. The van der Waals surface area contributed by atoms with E-state index in [1.807, 2.05) is 25.8 Å². The van der Waals surface area contributed by atoms with E-state index < -0.39 is 5.97 Å². The zero-order valence-electron chi connectivity index (χ0n) is 12.7. The summed E-state index contributed by atoms with van der Waals surface area (Å²) in [5.41, 5.74) is 2.49. The zero-order chi connectivity index (χ0) is 15.6. The summed E-state index contributed by atoms with van der Waals surface area (Å²) in [7, 11) is 1.84. The molecule has 116 valence electrons. The third-order valence-corrected chi connectivity index (χ3v) is 3.97. The number of hydrogen-bond acceptors (Lipinski definition) is 4. The fraction of sp³-hybridized carbons (Fsp3) is 0.643. The lowest BCUT2D eigenvalue weighted by atomic mass is 10.1. The first-order valence-corrected chi connectivity index (χ1v) is 7.11. The number of anilines is 1. The molecule has 0 radical (unpaired) electrons. The zero-order valence-corrected chi connectivity index (χ0v) is 12.7. The van der Waals surface area contributed by atoms with Gasteiger partial charge in [-0.15, -0.1) is 0 Å². The molecule has 0 aromatic carbocycles. The summed E-state index contributed by atoms with van der Waals surface area (Å²) in [5, 5.41) is 16.0. The molecule has 1 amide bonds. The van der Waals surface area contributed by atoms with E-state index in [4.69, 9.17) is 5.11 Å². The molecular weight excluding hydrogens is 272 g/mol. The number of rotatable bonds is 5. The number of carbonyl (C=O) groups excluding carboxylic acids is 1.